The zero-order chi connectivity index (χ0) is 18.3. The molecule has 1 atom stereocenters. The highest BCUT2D eigenvalue weighted by atomic mass is 16.5. The fraction of sp³-hybridized carbons (Fsp3) is 0.238. The third-order valence-corrected chi connectivity index (χ3v) is 4.79. The predicted octanol–water partition coefficient (Wildman–Crippen LogP) is 3.77. The average molecular weight is 348 g/mol. The summed E-state index contributed by atoms with van der Waals surface area (Å²) in [7, 11) is 0. The van der Waals surface area contributed by atoms with E-state index in [1.54, 1.807) is 36.5 Å². The molecular formula is C21H20N2O3. The van der Waals surface area contributed by atoms with E-state index in [-0.39, 0.29) is 17.0 Å². The van der Waals surface area contributed by atoms with Crippen LogP contribution < -0.4 is 15.5 Å². The van der Waals surface area contributed by atoms with Crippen LogP contribution in [-0.2, 0) is 6.42 Å². The Morgan fingerprint density at radius 2 is 2.00 bits per heavy atom. The monoisotopic (exact) mass is 348 g/mol. The number of benzene rings is 2. The Morgan fingerprint density at radius 3 is 2.73 bits per heavy atom. The Labute approximate surface area is 151 Å². The number of ether oxygens (including phenoxy) is 1. The number of pyridine rings is 1. The van der Waals surface area contributed by atoms with Crippen LogP contribution in [0.3, 0.4) is 0 Å². The van der Waals surface area contributed by atoms with Gasteiger partial charge in [0.25, 0.3) is 5.91 Å². The number of carbonyl (C=O) groups is 1. The van der Waals surface area contributed by atoms with Crippen LogP contribution in [0.2, 0.25) is 0 Å². The first-order chi connectivity index (χ1) is 12.6. The molecule has 2 aromatic carbocycles. The molecule has 5 nitrogen and oxygen atoms in total. The van der Waals surface area contributed by atoms with Gasteiger partial charge in [-0.3, -0.25) is 9.59 Å². The van der Waals surface area contributed by atoms with Crippen LogP contribution in [0.1, 0.15) is 35.8 Å². The van der Waals surface area contributed by atoms with Gasteiger partial charge < -0.3 is 14.6 Å². The molecule has 26 heavy (non-hydrogen) atoms. The molecule has 1 aliphatic heterocycles. The number of amides is 1. The van der Waals surface area contributed by atoms with Crippen molar-refractivity contribution >= 4 is 22.5 Å². The van der Waals surface area contributed by atoms with Gasteiger partial charge in [-0.25, -0.2) is 0 Å². The summed E-state index contributed by atoms with van der Waals surface area (Å²) in [4.78, 5) is 25.6. The van der Waals surface area contributed by atoms with Gasteiger partial charge in [0.15, 0.2) is 0 Å². The minimum atomic E-state index is -0.394. The maximum absolute atomic E-state index is 12.8. The summed E-state index contributed by atoms with van der Waals surface area (Å²) in [5, 5.41) is 3.41. The number of anilines is 1. The molecule has 2 heterocycles. The molecule has 1 N–H and O–H groups in total. The Hall–Kier alpha value is -3.08. The smallest absolute Gasteiger partial charge is 0.261 e. The molecule has 1 aromatic heterocycles. The van der Waals surface area contributed by atoms with Crippen molar-refractivity contribution in [3.05, 3.63) is 70.0 Å². The second kappa shape index (κ2) is 6.33. The molecule has 0 radical (unpaired) electrons. The van der Waals surface area contributed by atoms with Crippen molar-refractivity contribution in [3.8, 4) is 5.75 Å². The molecule has 0 bridgehead atoms. The first-order valence-corrected chi connectivity index (χ1v) is 8.79. The summed E-state index contributed by atoms with van der Waals surface area (Å²) in [6.07, 6.45) is 2.57. The van der Waals surface area contributed by atoms with E-state index in [0.717, 1.165) is 23.3 Å². The first kappa shape index (κ1) is 16.4. The fourth-order valence-electron chi connectivity index (χ4n) is 3.58. The molecular weight excluding hydrogens is 328 g/mol. The molecule has 1 amide bonds. The van der Waals surface area contributed by atoms with E-state index in [9.17, 15) is 9.59 Å². The Balaban J connectivity index is 1.70. The van der Waals surface area contributed by atoms with Crippen LogP contribution in [0.25, 0.3) is 10.9 Å². The molecule has 0 unspecified atom stereocenters. The molecule has 1 aliphatic rings. The summed E-state index contributed by atoms with van der Waals surface area (Å²) in [5.41, 5.74) is 2.67. The summed E-state index contributed by atoms with van der Waals surface area (Å²) < 4.78 is 7.44. The Bertz CT molecular complexity index is 1050. The van der Waals surface area contributed by atoms with E-state index in [1.165, 1.54) is 0 Å². The number of rotatable bonds is 4. The van der Waals surface area contributed by atoms with Crippen molar-refractivity contribution in [3.63, 3.8) is 0 Å². The van der Waals surface area contributed by atoms with E-state index in [0.29, 0.717) is 17.7 Å². The van der Waals surface area contributed by atoms with E-state index in [2.05, 4.69) is 12.2 Å². The molecule has 0 fully saturated rings. The van der Waals surface area contributed by atoms with E-state index >= 15 is 0 Å². The number of aromatic nitrogens is 1. The van der Waals surface area contributed by atoms with Crippen molar-refractivity contribution in [2.45, 2.75) is 26.3 Å². The zero-order valence-electron chi connectivity index (χ0n) is 14.8. The average Bonchev–Trinajstić information content (AvgIpc) is 2.96. The maximum Gasteiger partial charge on any atom is 0.261 e. The van der Waals surface area contributed by atoms with Gasteiger partial charge >= 0.3 is 0 Å². The number of para-hydroxylation sites is 1. The highest BCUT2D eigenvalue weighted by molar-refractivity contribution is 6.06. The molecule has 0 spiro atoms. The highest BCUT2D eigenvalue weighted by Gasteiger charge is 2.24. The lowest BCUT2D eigenvalue weighted by molar-refractivity contribution is 0.102. The largest absolute Gasteiger partial charge is 0.494 e. The lowest BCUT2D eigenvalue weighted by atomic mass is 10.1. The molecule has 3 aromatic rings. The van der Waals surface area contributed by atoms with E-state index in [1.807, 2.05) is 23.6 Å². The van der Waals surface area contributed by atoms with Gasteiger partial charge in [0.1, 0.15) is 11.3 Å². The van der Waals surface area contributed by atoms with Crippen molar-refractivity contribution < 1.29 is 9.53 Å². The third-order valence-electron chi connectivity index (χ3n) is 4.79. The fourth-order valence-corrected chi connectivity index (χ4v) is 3.58. The topological polar surface area (TPSA) is 60.3 Å². The third kappa shape index (κ3) is 2.65. The summed E-state index contributed by atoms with van der Waals surface area (Å²) in [6.45, 7) is 4.60. The van der Waals surface area contributed by atoms with Crippen LogP contribution in [0, 0.1) is 0 Å². The molecule has 132 valence electrons. The van der Waals surface area contributed by atoms with Gasteiger partial charge in [-0.1, -0.05) is 12.1 Å². The van der Waals surface area contributed by atoms with E-state index < -0.39 is 5.91 Å². The Morgan fingerprint density at radius 1 is 1.23 bits per heavy atom. The number of carbonyl (C=O) groups excluding carboxylic acids is 1. The summed E-state index contributed by atoms with van der Waals surface area (Å²) in [5.74, 6) is 0.347. The van der Waals surface area contributed by atoms with Gasteiger partial charge in [-0.05, 0) is 56.2 Å². The van der Waals surface area contributed by atoms with Gasteiger partial charge in [0.05, 0.1) is 12.1 Å². The molecule has 0 saturated heterocycles. The molecule has 5 heteroatoms. The van der Waals surface area contributed by atoms with Gasteiger partial charge in [0.2, 0.25) is 5.43 Å². The minimum absolute atomic E-state index is 0.164. The maximum atomic E-state index is 12.8. The van der Waals surface area contributed by atoms with Gasteiger partial charge in [-0.2, -0.15) is 0 Å². The van der Waals surface area contributed by atoms with Gasteiger partial charge in [-0.15, -0.1) is 0 Å². The first-order valence-electron chi connectivity index (χ1n) is 8.79. The van der Waals surface area contributed by atoms with Crippen LogP contribution in [0.4, 0.5) is 5.69 Å². The minimum Gasteiger partial charge on any atom is -0.494 e. The Kier molecular flexibility index (Phi) is 3.99. The van der Waals surface area contributed by atoms with Crippen LogP contribution in [-0.4, -0.2) is 17.1 Å². The van der Waals surface area contributed by atoms with Crippen LogP contribution >= 0.6 is 0 Å². The molecule has 4 rings (SSSR count). The van der Waals surface area contributed by atoms with Crippen molar-refractivity contribution in [1.82, 2.24) is 4.57 Å². The summed E-state index contributed by atoms with van der Waals surface area (Å²) >= 11 is 0. The van der Waals surface area contributed by atoms with Gasteiger partial charge in [0, 0.05) is 23.3 Å². The highest BCUT2D eigenvalue weighted by Crippen LogP contribution is 2.31. The van der Waals surface area contributed by atoms with Crippen molar-refractivity contribution in [1.29, 1.82) is 0 Å². The van der Waals surface area contributed by atoms with E-state index in [4.69, 9.17) is 4.74 Å². The van der Waals surface area contributed by atoms with Crippen molar-refractivity contribution in [2.75, 3.05) is 11.9 Å². The second-order valence-corrected chi connectivity index (χ2v) is 6.56. The second-order valence-electron chi connectivity index (χ2n) is 6.56. The number of hydrogen-bond donors (Lipinski definition) is 1. The zero-order valence-corrected chi connectivity index (χ0v) is 14.8. The quantitative estimate of drug-likeness (QED) is 0.781. The van der Waals surface area contributed by atoms with Crippen molar-refractivity contribution in [2.24, 2.45) is 0 Å². The lowest BCUT2D eigenvalue weighted by Crippen LogP contribution is -2.23. The normalized spacial score (nSPS) is 15.2. The molecule has 0 saturated carbocycles. The van der Waals surface area contributed by atoms with Crippen LogP contribution in [0.5, 0.6) is 5.75 Å². The SMILES string of the molecule is CCOc1ccc(NC(=O)c2cn3c4c(cccc4c2=O)C[C@H]3C)cc1. The number of nitrogens with zero attached hydrogens (tertiary/aromatic N) is 1. The van der Waals surface area contributed by atoms with Crippen LogP contribution in [0.15, 0.2) is 53.5 Å². The standard InChI is InChI=1S/C21H20N2O3/c1-3-26-16-9-7-15(8-10-16)22-21(25)18-12-23-13(2)11-14-5-4-6-17(19(14)23)20(18)24/h4-10,12-13H,3,11H2,1-2H3,(H,22,25)/t13-/m1/s1. The lowest BCUT2D eigenvalue weighted by Gasteiger charge is -2.13. The predicted molar refractivity (Wildman–Crippen MR) is 102 cm³/mol. The number of hydrogen-bond acceptors (Lipinski definition) is 3. The number of nitrogens with one attached hydrogen (secondary N) is 1. The summed E-state index contributed by atoms with van der Waals surface area (Å²) in [6, 6.07) is 13.1. The molecule has 0 aliphatic carbocycles.